The van der Waals surface area contributed by atoms with Crippen molar-refractivity contribution in [1.29, 1.82) is 0 Å². The van der Waals surface area contributed by atoms with Gasteiger partial charge in [0.2, 0.25) is 0 Å². The molecule has 0 aromatic carbocycles. The largest absolute Gasteiger partial charge is 0.369 e. The number of hydrogen-bond donors (Lipinski definition) is 1. The van der Waals surface area contributed by atoms with E-state index in [2.05, 4.69) is 20.6 Å². The molecular formula is CH5N5. The standard InChI is InChI=1S/CHN4.H3N/c1-2-4-5-3-1;/h1H;1H3/q-1;/p+1. The van der Waals surface area contributed by atoms with Gasteiger partial charge in [-0.1, -0.05) is 0 Å². The Hall–Kier alpha value is -0.970. The normalized spacial score (nSPS) is 6.67. The van der Waals surface area contributed by atoms with Crippen LogP contribution in [0.1, 0.15) is 0 Å². The lowest BCUT2D eigenvalue weighted by Crippen LogP contribution is -1.67. The second-order valence-electron chi connectivity index (χ2n) is 0.525. The van der Waals surface area contributed by atoms with Gasteiger partial charge in [0, 0.05) is 0 Å². The van der Waals surface area contributed by atoms with Gasteiger partial charge in [-0.25, -0.2) is 0 Å². The number of rotatable bonds is 0. The Bertz CT molecular complexity index is 60.4. The molecule has 0 aliphatic heterocycles. The molecule has 0 bridgehead atoms. The van der Waals surface area contributed by atoms with Crippen LogP contribution < -0.4 is 11.2 Å². The molecule has 6 heavy (non-hydrogen) atoms. The van der Waals surface area contributed by atoms with Crippen LogP contribution in [0.4, 0.5) is 0 Å². The van der Waals surface area contributed by atoms with E-state index in [1.807, 2.05) is 0 Å². The highest BCUT2D eigenvalue weighted by molar-refractivity contribution is 4.23. The minimum atomic E-state index is 0. The summed E-state index contributed by atoms with van der Waals surface area (Å²) in [6, 6.07) is 0. The summed E-state index contributed by atoms with van der Waals surface area (Å²) in [4.78, 5) is 0. The van der Waals surface area contributed by atoms with E-state index in [4.69, 9.17) is 0 Å². The molecule has 0 aliphatic rings. The third-order valence-corrected chi connectivity index (χ3v) is 0.247. The summed E-state index contributed by atoms with van der Waals surface area (Å²) in [5, 5.41) is 12.7. The van der Waals surface area contributed by atoms with Gasteiger partial charge in [-0.05, 0) is 6.33 Å². The zero-order valence-corrected chi connectivity index (χ0v) is 3.37. The first-order valence-electron chi connectivity index (χ1n) is 1.12. The molecule has 4 N–H and O–H groups in total. The highest BCUT2D eigenvalue weighted by atomic mass is 15.5. The van der Waals surface area contributed by atoms with Crippen molar-refractivity contribution in [3.8, 4) is 0 Å². The molecule has 0 aliphatic carbocycles. The Kier molecular flexibility index (Phi) is 1.91. The molecule has 1 heterocycles. The van der Waals surface area contributed by atoms with Gasteiger partial charge in [0.1, 0.15) is 0 Å². The zero-order chi connectivity index (χ0) is 3.54. The molecule has 1 aromatic heterocycles. The van der Waals surface area contributed by atoms with Crippen molar-refractivity contribution >= 4 is 0 Å². The molecule has 34 valence electrons. The molecule has 1 aromatic rings. The third-order valence-electron chi connectivity index (χ3n) is 0.247. The molecule has 5 heteroatoms. The molecule has 0 amide bonds. The van der Waals surface area contributed by atoms with Crippen molar-refractivity contribution in [2.45, 2.75) is 0 Å². The first-order valence-corrected chi connectivity index (χ1v) is 1.12. The first-order chi connectivity index (χ1) is 2.50. The molecule has 0 fully saturated rings. The fourth-order valence-electron chi connectivity index (χ4n) is 0.115. The number of nitrogens with zero attached hydrogens (tertiary/aromatic N) is 4. The number of tetrazole rings is 1. The molecule has 5 nitrogen and oxygen atoms in total. The van der Waals surface area contributed by atoms with Crippen LogP contribution in [0, 0.1) is 0 Å². The smallest absolute Gasteiger partial charge is 0.00417 e. The van der Waals surface area contributed by atoms with Crippen LogP contribution in [0.2, 0.25) is 0 Å². The van der Waals surface area contributed by atoms with Gasteiger partial charge >= 0.3 is 0 Å². The van der Waals surface area contributed by atoms with Crippen molar-refractivity contribution in [2.24, 2.45) is 0 Å². The lowest BCUT2D eigenvalue weighted by atomic mass is 11.4. The summed E-state index contributed by atoms with van der Waals surface area (Å²) in [7, 11) is 0. The Morgan fingerprint density at radius 3 is 2.50 bits per heavy atom. The van der Waals surface area contributed by atoms with Gasteiger partial charge in [0.15, 0.2) is 0 Å². The number of hydrogen-bond acceptors (Lipinski definition) is 3. The summed E-state index contributed by atoms with van der Waals surface area (Å²) in [6.45, 7) is 0. The maximum atomic E-state index is 3.25. The maximum Gasteiger partial charge on any atom is -0.00417 e. The second-order valence-corrected chi connectivity index (χ2v) is 0.525. The highest BCUT2D eigenvalue weighted by Crippen LogP contribution is 1.41. The van der Waals surface area contributed by atoms with Crippen molar-refractivity contribution in [2.75, 3.05) is 0 Å². The minimum absolute atomic E-state index is 0. The van der Waals surface area contributed by atoms with Crippen molar-refractivity contribution < 1.29 is 0 Å². The lowest BCUT2D eigenvalue weighted by Gasteiger charge is -1.58. The molecule has 1 rings (SSSR count). The van der Waals surface area contributed by atoms with E-state index in [9.17, 15) is 0 Å². The van der Waals surface area contributed by atoms with E-state index in [0.29, 0.717) is 0 Å². The molecule has 0 unspecified atom stereocenters. The predicted octanol–water partition coefficient (Wildman–Crippen LogP) is -0.795. The lowest BCUT2D eigenvalue weighted by molar-refractivity contribution is 0.871. The fraction of sp³-hybridized carbons (Fsp3) is 0. The van der Waals surface area contributed by atoms with E-state index >= 15 is 0 Å². The van der Waals surface area contributed by atoms with E-state index in [-0.39, 0.29) is 6.15 Å². The number of aromatic nitrogens is 4. The topological polar surface area (TPSA) is 89.3 Å². The van der Waals surface area contributed by atoms with E-state index in [0.717, 1.165) is 0 Å². The Balaban J connectivity index is 0.000000250. The molecule has 0 atom stereocenters. The van der Waals surface area contributed by atoms with Gasteiger partial charge in [0.25, 0.3) is 0 Å². The van der Waals surface area contributed by atoms with Crippen molar-refractivity contribution in [3.63, 3.8) is 0 Å². The molecular weight excluding hydrogens is 82.0 g/mol. The van der Waals surface area contributed by atoms with Crippen LogP contribution in [-0.4, -0.2) is 15.5 Å². The molecule has 0 spiro atoms. The van der Waals surface area contributed by atoms with Crippen LogP contribution in [0.5, 0.6) is 0 Å². The quantitative estimate of drug-likeness (QED) is 0.448. The average Bonchev–Trinajstić information content (AvgIpc) is 1.76. The van der Waals surface area contributed by atoms with Crippen LogP contribution >= 0.6 is 0 Å². The first kappa shape index (κ1) is 5.03. The summed E-state index contributed by atoms with van der Waals surface area (Å²) in [6.07, 6.45) is 1.28. The van der Waals surface area contributed by atoms with Gasteiger partial charge in [-0.15, -0.1) is 0 Å². The van der Waals surface area contributed by atoms with E-state index < -0.39 is 0 Å². The van der Waals surface area contributed by atoms with Crippen LogP contribution in [0.15, 0.2) is 6.33 Å². The van der Waals surface area contributed by atoms with Gasteiger partial charge in [-0.2, -0.15) is 5.21 Å². The summed E-state index contributed by atoms with van der Waals surface area (Å²) >= 11 is 0. The van der Waals surface area contributed by atoms with Gasteiger partial charge < -0.3 is 11.2 Å². The Labute approximate surface area is 34.3 Å². The minimum Gasteiger partial charge on any atom is -0.369 e. The highest BCUT2D eigenvalue weighted by Gasteiger charge is 1.43. The Morgan fingerprint density at radius 2 is 2.33 bits per heavy atom. The fourth-order valence-corrected chi connectivity index (χ4v) is 0.115. The van der Waals surface area contributed by atoms with E-state index in [1.165, 1.54) is 6.33 Å². The van der Waals surface area contributed by atoms with E-state index in [1.54, 1.807) is 0 Å². The van der Waals surface area contributed by atoms with Crippen molar-refractivity contribution in [3.05, 3.63) is 6.33 Å². The predicted molar refractivity (Wildman–Crippen MR) is 19.1 cm³/mol. The SMILES string of the molecule is [NH4+].c1nnn[n-]1. The molecule has 0 saturated carbocycles. The molecule has 0 radical (unpaired) electrons. The monoisotopic (exact) mass is 87.1 g/mol. The van der Waals surface area contributed by atoms with Crippen molar-refractivity contribution in [1.82, 2.24) is 26.8 Å². The maximum absolute atomic E-state index is 3.25. The van der Waals surface area contributed by atoms with Gasteiger partial charge in [-0.3, -0.25) is 10.3 Å². The molecule has 0 saturated heterocycles. The summed E-state index contributed by atoms with van der Waals surface area (Å²) < 4.78 is 0. The zero-order valence-electron chi connectivity index (χ0n) is 3.37. The van der Waals surface area contributed by atoms with Crippen LogP contribution in [0.25, 0.3) is 0 Å². The summed E-state index contributed by atoms with van der Waals surface area (Å²) in [5.41, 5.74) is 0. The second kappa shape index (κ2) is 2.28. The van der Waals surface area contributed by atoms with Crippen LogP contribution in [0.3, 0.4) is 0 Å². The summed E-state index contributed by atoms with van der Waals surface area (Å²) in [5.74, 6) is 0. The van der Waals surface area contributed by atoms with Gasteiger partial charge in [0.05, 0.1) is 0 Å². The number of quaternary nitrogens is 1. The van der Waals surface area contributed by atoms with Crippen LogP contribution in [-0.2, 0) is 0 Å². The average molecular weight is 87.1 g/mol. The third kappa shape index (κ3) is 0.769. The Morgan fingerprint density at radius 1 is 1.50 bits per heavy atom.